The van der Waals surface area contributed by atoms with E-state index in [1.54, 1.807) is 24.3 Å². The summed E-state index contributed by atoms with van der Waals surface area (Å²) in [4.78, 5) is 0.194. The summed E-state index contributed by atoms with van der Waals surface area (Å²) >= 11 is 0. The van der Waals surface area contributed by atoms with Gasteiger partial charge < -0.3 is 5.32 Å². The fourth-order valence-electron chi connectivity index (χ4n) is 2.50. The number of nitrogens with one attached hydrogen (secondary N) is 2. The van der Waals surface area contributed by atoms with Gasteiger partial charge in [0.2, 0.25) is 0 Å². The molecule has 140 valence electrons. The summed E-state index contributed by atoms with van der Waals surface area (Å²) in [7, 11) is -3.70. The van der Waals surface area contributed by atoms with Crippen molar-refractivity contribution in [2.45, 2.75) is 31.2 Å². The molecule has 0 radical (unpaired) electrons. The highest BCUT2D eigenvalue weighted by Crippen LogP contribution is 2.19. The Balaban J connectivity index is 1.64. The summed E-state index contributed by atoms with van der Waals surface area (Å²) in [6, 6.07) is 20.0. The van der Waals surface area contributed by atoms with Crippen molar-refractivity contribution >= 4 is 21.7 Å². The van der Waals surface area contributed by atoms with Gasteiger partial charge >= 0.3 is 0 Å². The number of hydrogen-bond acceptors (Lipinski definition) is 5. The van der Waals surface area contributed by atoms with Gasteiger partial charge in [-0.3, -0.25) is 4.72 Å². The largest absolute Gasteiger partial charge is 0.365 e. The van der Waals surface area contributed by atoms with E-state index >= 15 is 0 Å². The molecule has 3 rings (SSSR count). The molecule has 7 heteroatoms. The van der Waals surface area contributed by atoms with E-state index in [0.717, 1.165) is 11.1 Å². The minimum atomic E-state index is -3.70. The molecule has 0 fully saturated rings. The van der Waals surface area contributed by atoms with Crippen molar-refractivity contribution in [3.05, 3.63) is 77.9 Å². The predicted octanol–water partition coefficient (Wildman–Crippen LogP) is 4.01. The van der Waals surface area contributed by atoms with Crippen LogP contribution < -0.4 is 10.0 Å². The van der Waals surface area contributed by atoms with Gasteiger partial charge in [-0.05, 0) is 41.3 Å². The number of rotatable bonds is 7. The summed E-state index contributed by atoms with van der Waals surface area (Å²) in [5.74, 6) is 1.09. The van der Waals surface area contributed by atoms with Crippen LogP contribution in [0.2, 0.25) is 0 Å². The minimum Gasteiger partial charge on any atom is -0.365 e. The van der Waals surface area contributed by atoms with Gasteiger partial charge in [-0.15, -0.1) is 10.2 Å². The van der Waals surface area contributed by atoms with E-state index < -0.39 is 10.0 Å². The van der Waals surface area contributed by atoms with E-state index in [-0.39, 0.29) is 10.7 Å². The van der Waals surface area contributed by atoms with Crippen molar-refractivity contribution in [1.29, 1.82) is 0 Å². The van der Waals surface area contributed by atoms with Crippen LogP contribution >= 0.6 is 0 Å². The lowest BCUT2D eigenvalue weighted by Crippen LogP contribution is -2.14. The number of hydrogen-bond donors (Lipinski definition) is 2. The molecule has 2 aromatic carbocycles. The minimum absolute atomic E-state index is 0.174. The molecule has 2 N–H and O–H groups in total. The molecule has 3 aromatic rings. The monoisotopic (exact) mass is 382 g/mol. The van der Waals surface area contributed by atoms with Gasteiger partial charge in [0.1, 0.15) is 5.82 Å². The van der Waals surface area contributed by atoms with E-state index in [4.69, 9.17) is 0 Å². The van der Waals surface area contributed by atoms with Crippen molar-refractivity contribution < 1.29 is 8.42 Å². The molecule has 0 atom stereocenters. The van der Waals surface area contributed by atoms with Crippen LogP contribution in [0, 0.1) is 0 Å². The van der Waals surface area contributed by atoms with Crippen LogP contribution in [-0.2, 0) is 16.6 Å². The van der Waals surface area contributed by atoms with Crippen molar-refractivity contribution in [1.82, 2.24) is 10.2 Å². The van der Waals surface area contributed by atoms with Crippen LogP contribution in [0.4, 0.5) is 11.6 Å². The maximum absolute atomic E-state index is 12.5. The lowest BCUT2D eigenvalue weighted by Gasteiger charge is -2.10. The second kappa shape index (κ2) is 8.18. The van der Waals surface area contributed by atoms with Crippen LogP contribution in [0.3, 0.4) is 0 Å². The molecule has 0 saturated carbocycles. The molecule has 27 heavy (non-hydrogen) atoms. The molecule has 0 saturated heterocycles. The van der Waals surface area contributed by atoms with Crippen molar-refractivity contribution in [2.24, 2.45) is 0 Å². The van der Waals surface area contributed by atoms with Gasteiger partial charge in [0.05, 0.1) is 4.90 Å². The molecule has 0 bridgehead atoms. The van der Waals surface area contributed by atoms with E-state index in [2.05, 4.69) is 34.1 Å². The second-order valence-corrected chi connectivity index (χ2v) is 8.15. The average Bonchev–Trinajstić information content (AvgIpc) is 2.68. The average molecular weight is 382 g/mol. The fourth-order valence-corrected chi connectivity index (χ4v) is 3.49. The number of anilines is 2. The number of nitrogens with zero attached hydrogens (tertiary/aromatic N) is 2. The second-order valence-electron chi connectivity index (χ2n) is 6.47. The van der Waals surface area contributed by atoms with Gasteiger partial charge in [0.15, 0.2) is 5.82 Å². The molecular weight excluding hydrogens is 360 g/mol. The topological polar surface area (TPSA) is 84.0 Å². The normalized spacial score (nSPS) is 11.4. The predicted molar refractivity (Wildman–Crippen MR) is 107 cm³/mol. The van der Waals surface area contributed by atoms with Crippen molar-refractivity contribution in [3.63, 3.8) is 0 Å². The number of benzene rings is 2. The van der Waals surface area contributed by atoms with Crippen LogP contribution in [0.1, 0.15) is 30.9 Å². The van der Waals surface area contributed by atoms with Gasteiger partial charge in [-0.1, -0.05) is 56.3 Å². The van der Waals surface area contributed by atoms with Crippen LogP contribution in [0.5, 0.6) is 0 Å². The smallest absolute Gasteiger partial charge is 0.263 e. The molecule has 0 unspecified atom stereocenters. The Morgan fingerprint density at radius 3 is 2.07 bits per heavy atom. The van der Waals surface area contributed by atoms with Crippen LogP contribution in [0.15, 0.2) is 71.6 Å². The van der Waals surface area contributed by atoms with E-state index in [1.807, 2.05) is 42.5 Å². The Morgan fingerprint density at radius 1 is 0.852 bits per heavy atom. The van der Waals surface area contributed by atoms with Gasteiger partial charge in [0.25, 0.3) is 10.0 Å². The molecule has 0 amide bonds. The number of sulfonamides is 1. The van der Waals surface area contributed by atoms with Crippen molar-refractivity contribution in [3.8, 4) is 0 Å². The Labute approximate surface area is 159 Å². The first-order valence-corrected chi connectivity index (χ1v) is 10.2. The molecule has 0 aliphatic heterocycles. The molecule has 0 spiro atoms. The third-order valence-corrected chi connectivity index (χ3v) is 5.45. The quantitative estimate of drug-likeness (QED) is 0.645. The highest BCUT2D eigenvalue weighted by atomic mass is 32.2. The van der Waals surface area contributed by atoms with E-state index in [1.165, 1.54) is 0 Å². The lowest BCUT2D eigenvalue weighted by molar-refractivity contribution is 0.601. The zero-order chi connectivity index (χ0) is 19.3. The van der Waals surface area contributed by atoms with Gasteiger partial charge in [-0.25, -0.2) is 8.42 Å². The van der Waals surface area contributed by atoms with Gasteiger partial charge in [0, 0.05) is 6.54 Å². The Kier molecular flexibility index (Phi) is 5.71. The first-order valence-electron chi connectivity index (χ1n) is 8.68. The lowest BCUT2D eigenvalue weighted by atomic mass is 10.0. The Hall–Kier alpha value is -2.93. The maximum atomic E-state index is 12.5. The van der Waals surface area contributed by atoms with Gasteiger partial charge in [-0.2, -0.15) is 0 Å². The molecular formula is C20H22N4O2S. The standard InChI is InChI=1S/C20H22N4O2S/c1-15(2)17-8-10-18(11-9-17)27(25,26)24-20-13-12-19(22-23-20)21-14-16-6-4-3-5-7-16/h3-13,15H,14H2,1-2H3,(H,21,22)(H,23,24). The molecule has 0 aliphatic carbocycles. The summed E-state index contributed by atoms with van der Waals surface area (Å²) in [6.45, 7) is 4.73. The summed E-state index contributed by atoms with van der Waals surface area (Å²) in [6.07, 6.45) is 0. The highest BCUT2D eigenvalue weighted by Gasteiger charge is 2.15. The van der Waals surface area contributed by atoms with Crippen LogP contribution in [0.25, 0.3) is 0 Å². The molecule has 0 aliphatic rings. The third kappa shape index (κ3) is 5.04. The first kappa shape index (κ1) is 18.8. The summed E-state index contributed by atoms with van der Waals surface area (Å²) < 4.78 is 27.4. The summed E-state index contributed by atoms with van der Waals surface area (Å²) in [5, 5.41) is 11.1. The third-order valence-electron chi connectivity index (χ3n) is 4.08. The number of aromatic nitrogens is 2. The van der Waals surface area contributed by atoms with E-state index in [9.17, 15) is 8.42 Å². The van der Waals surface area contributed by atoms with Crippen molar-refractivity contribution in [2.75, 3.05) is 10.0 Å². The summed E-state index contributed by atoms with van der Waals surface area (Å²) in [5.41, 5.74) is 2.21. The fraction of sp³-hybridized carbons (Fsp3) is 0.200. The molecule has 1 heterocycles. The molecule has 6 nitrogen and oxygen atoms in total. The maximum Gasteiger partial charge on any atom is 0.263 e. The SMILES string of the molecule is CC(C)c1ccc(S(=O)(=O)Nc2ccc(NCc3ccccc3)nn2)cc1. The Bertz CT molecular complexity index is 971. The zero-order valence-electron chi connectivity index (χ0n) is 15.3. The van der Waals surface area contributed by atoms with Crippen LogP contribution in [-0.4, -0.2) is 18.6 Å². The first-order chi connectivity index (χ1) is 12.9. The Morgan fingerprint density at radius 2 is 1.48 bits per heavy atom. The zero-order valence-corrected chi connectivity index (χ0v) is 16.1. The highest BCUT2D eigenvalue weighted by molar-refractivity contribution is 7.92. The van der Waals surface area contributed by atoms with E-state index in [0.29, 0.717) is 18.3 Å². The molecule has 1 aromatic heterocycles.